The first-order chi connectivity index (χ1) is 11.6. The molecule has 0 bridgehead atoms. The van der Waals surface area contributed by atoms with Gasteiger partial charge in [0.2, 0.25) is 5.91 Å². The predicted molar refractivity (Wildman–Crippen MR) is 88.4 cm³/mol. The van der Waals surface area contributed by atoms with Crippen LogP contribution >= 0.6 is 0 Å². The molecule has 24 heavy (non-hydrogen) atoms. The van der Waals surface area contributed by atoms with E-state index in [0.29, 0.717) is 25.1 Å². The minimum absolute atomic E-state index is 0.0794. The number of hydrogen-bond acceptors (Lipinski definition) is 4. The number of aliphatic carboxylic acids is 1. The summed E-state index contributed by atoms with van der Waals surface area (Å²) in [5.74, 6) is -1.18. The Balaban J connectivity index is 1.93. The lowest BCUT2D eigenvalue weighted by atomic mass is 10.1. The van der Waals surface area contributed by atoms with E-state index in [1.54, 1.807) is 6.07 Å². The molecule has 1 heterocycles. The topological polar surface area (TPSA) is 101 Å². The minimum Gasteiger partial charge on any atom is -0.481 e. The van der Waals surface area contributed by atoms with Gasteiger partial charge in [-0.15, -0.1) is 0 Å². The molecule has 2 N–H and O–H groups in total. The fraction of sp³-hybridized carbons (Fsp3) is 0.294. The number of hydrogen-bond donors (Lipinski definition) is 2. The Hall–Kier alpha value is -2.96. The van der Waals surface area contributed by atoms with Crippen LogP contribution in [0.5, 0.6) is 0 Å². The van der Waals surface area contributed by atoms with E-state index in [-0.39, 0.29) is 24.4 Å². The zero-order valence-corrected chi connectivity index (χ0v) is 13.1. The number of carboxylic acid groups (broad SMARTS) is 1. The monoisotopic (exact) mass is 329 g/mol. The van der Waals surface area contributed by atoms with Crippen LogP contribution < -0.4 is 10.9 Å². The smallest absolute Gasteiger partial charge is 0.303 e. The lowest BCUT2D eigenvalue weighted by Crippen LogP contribution is -2.34. The second kappa shape index (κ2) is 8.61. The van der Waals surface area contributed by atoms with Gasteiger partial charge in [-0.1, -0.05) is 30.3 Å². The van der Waals surface area contributed by atoms with Crippen LogP contribution in [0.1, 0.15) is 19.3 Å². The Morgan fingerprint density at radius 1 is 1.08 bits per heavy atom. The van der Waals surface area contributed by atoms with Gasteiger partial charge in [0.15, 0.2) is 0 Å². The van der Waals surface area contributed by atoms with E-state index < -0.39 is 5.97 Å². The van der Waals surface area contributed by atoms with Gasteiger partial charge in [-0.25, -0.2) is 4.68 Å². The molecule has 7 heteroatoms. The molecule has 1 aromatic heterocycles. The van der Waals surface area contributed by atoms with Crippen molar-refractivity contribution in [3.8, 4) is 11.3 Å². The van der Waals surface area contributed by atoms with Gasteiger partial charge < -0.3 is 10.4 Å². The summed E-state index contributed by atoms with van der Waals surface area (Å²) in [7, 11) is 0. The number of carboxylic acids is 1. The first kappa shape index (κ1) is 17.4. The van der Waals surface area contributed by atoms with Crippen molar-refractivity contribution in [3.63, 3.8) is 0 Å². The third-order valence-corrected chi connectivity index (χ3v) is 3.37. The molecule has 0 fully saturated rings. The summed E-state index contributed by atoms with van der Waals surface area (Å²) in [5.41, 5.74) is 1.13. The summed E-state index contributed by atoms with van der Waals surface area (Å²) in [4.78, 5) is 34.1. The van der Waals surface area contributed by atoms with Gasteiger partial charge in [0.25, 0.3) is 5.56 Å². The van der Waals surface area contributed by atoms with Crippen LogP contribution in [0.25, 0.3) is 11.3 Å². The Kier molecular flexibility index (Phi) is 6.24. The van der Waals surface area contributed by atoms with Crippen molar-refractivity contribution in [2.24, 2.45) is 0 Å². The van der Waals surface area contributed by atoms with Crippen LogP contribution in [0.4, 0.5) is 0 Å². The number of benzene rings is 1. The highest BCUT2D eigenvalue weighted by molar-refractivity contribution is 5.75. The summed E-state index contributed by atoms with van der Waals surface area (Å²) in [5, 5.41) is 15.4. The average molecular weight is 329 g/mol. The third-order valence-electron chi connectivity index (χ3n) is 3.37. The SMILES string of the molecule is O=C(O)CCCCNC(=O)Cn1nc(-c2ccccc2)ccc1=O. The summed E-state index contributed by atoms with van der Waals surface area (Å²) >= 11 is 0. The Morgan fingerprint density at radius 3 is 2.54 bits per heavy atom. The molecule has 2 rings (SSSR count). The lowest BCUT2D eigenvalue weighted by Gasteiger charge is -2.08. The van der Waals surface area contributed by atoms with Crippen LogP contribution in [0.3, 0.4) is 0 Å². The predicted octanol–water partition coefficient (Wildman–Crippen LogP) is 1.28. The highest BCUT2D eigenvalue weighted by Crippen LogP contribution is 2.13. The molecule has 1 aromatic carbocycles. The molecule has 1 amide bonds. The van der Waals surface area contributed by atoms with Crippen LogP contribution in [-0.4, -0.2) is 33.3 Å². The van der Waals surface area contributed by atoms with Gasteiger partial charge in [-0.05, 0) is 18.9 Å². The zero-order chi connectivity index (χ0) is 17.4. The van der Waals surface area contributed by atoms with E-state index in [9.17, 15) is 14.4 Å². The number of aromatic nitrogens is 2. The van der Waals surface area contributed by atoms with Crippen molar-refractivity contribution in [2.45, 2.75) is 25.8 Å². The van der Waals surface area contributed by atoms with Crippen molar-refractivity contribution in [1.29, 1.82) is 0 Å². The van der Waals surface area contributed by atoms with E-state index in [1.807, 2.05) is 30.3 Å². The van der Waals surface area contributed by atoms with E-state index in [1.165, 1.54) is 6.07 Å². The number of nitrogens with one attached hydrogen (secondary N) is 1. The maximum absolute atomic E-state index is 11.9. The van der Waals surface area contributed by atoms with Crippen LogP contribution in [-0.2, 0) is 16.1 Å². The third kappa shape index (κ3) is 5.35. The molecule has 0 spiro atoms. The lowest BCUT2D eigenvalue weighted by molar-refractivity contribution is -0.137. The van der Waals surface area contributed by atoms with Crippen LogP contribution in [0.2, 0.25) is 0 Å². The quantitative estimate of drug-likeness (QED) is 0.711. The van der Waals surface area contributed by atoms with Gasteiger partial charge in [-0.2, -0.15) is 5.10 Å². The van der Waals surface area contributed by atoms with Gasteiger partial charge in [0.05, 0.1) is 5.69 Å². The van der Waals surface area contributed by atoms with Gasteiger partial charge >= 0.3 is 5.97 Å². The minimum atomic E-state index is -0.852. The first-order valence-corrected chi connectivity index (χ1v) is 7.68. The molecule has 0 aliphatic carbocycles. The van der Waals surface area contributed by atoms with Crippen LogP contribution in [0.15, 0.2) is 47.3 Å². The molecule has 0 unspecified atom stereocenters. The number of unbranched alkanes of at least 4 members (excludes halogenated alkanes) is 1. The number of amides is 1. The van der Waals surface area contributed by atoms with Gasteiger partial charge in [0, 0.05) is 24.6 Å². The van der Waals surface area contributed by atoms with Crippen molar-refractivity contribution < 1.29 is 14.7 Å². The summed E-state index contributed by atoms with van der Waals surface area (Å²) in [6.07, 6.45) is 1.15. The highest BCUT2D eigenvalue weighted by Gasteiger charge is 2.07. The fourth-order valence-electron chi connectivity index (χ4n) is 2.15. The first-order valence-electron chi connectivity index (χ1n) is 7.68. The summed E-state index contributed by atoms with van der Waals surface area (Å²) in [6.45, 7) is 0.206. The van der Waals surface area contributed by atoms with Gasteiger partial charge in [0.1, 0.15) is 6.54 Å². The molecule has 0 saturated heterocycles. The average Bonchev–Trinajstić information content (AvgIpc) is 2.57. The fourth-order valence-corrected chi connectivity index (χ4v) is 2.15. The van der Waals surface area contributed by atoms with E-state index in [2.05, 4.69) is 10.4 Å². The van der Waals surface area contributed by atoms with Crippen molar-refractivity contribution in [2.75, 3.05) is 6.54 Å². The maximum Gasteiger partial charge on any atom is 0.303 e. The molecule has 0 aliphatic rings. The second-order valence-corrected chi connectivity index (χ2v) is 5.28. The van der Waals surface area contributed by atoms with Crippen molar-refractivity contribution >= 4 is 11.9 Å². The molecule has 126 valence electrons. The molecule has 7 nitrogen and oxygen atoms in total. The number of carbonyl (C=O) groups excluding carboxylic acids is 1. The highest BCUT2D eigenvalue weighted by atomic mass is 16.4. The number of carbonyl (C=O) groups is 2. The molecular formula is C17H19N3O4. The van der Waals surface area contributed by atoms with Crippen molar-refractivity contribution in [3.05, 3.63) is 52.8 Å². The van der Waals surface area contributed by atoms with E-state index in [0.717, 1.165) is 10.2 Å². The summed E-state index contributed by atoms with van der Waals surface area (Å²) in [6, 6.07) is 12.4. The van der Waals surface area contributed by atoms with E-state index in [4.69, 9.17) is 5.11 Å². The Bertz CT molecular complexity index is 756. The maximum atomic E-state index is 11.9. The van der Waals surface area contributed by atoms with Gasteiger partial charge in [-0.3, -0.25) is 14.4 Å². The van der Waals surface area contributed by atoms with Crippen molar-refractivity contribution in [1.82, 2.24) is 15.1 Å². The normalized spacial score (nSPS) is 10.3. The Morgan fingerprint density at radius 2 is 1.83 bits per heavy atom. The Labute approximate surface area is 138 Å². The molecular weight excluding hydrogens is 310 g/mol. The second-order valence-electron chi connectivity index (χ2n) is 5.28. The largest absolute Gasteiger partial charge is 0.481 e. The summed E-state index contributed by atoms with van der Waals surface area (Å²) < 4.78 is 1.12. The molecule has 0 radical (unpaired) electrons. The molecule has 2 aromatic rings. The number of nitrogens with zero attached hydrogens (tertiary/aromatic N) is 2. The van der Waals surface area contributed by atoms with E-state index >= 15 is 0 Å². The molecule has 0 saturated carbocycles. The molecule has 0 aliphatic heterocycles. The molecule has 0 atom stereocenters. The number of rotatable bonds is 8. The standard InChI is InChI=1S/C17H19N3O4/c21-15(18-11-5-4-8-17(23)24)12-20-16(22)10-9-14(19-20)13-6-2-1-3-7-13/h1-3,6-7,9-10H,4-5,8,11-12H2,(H,18,21)(H,23,24). The zero-order valence-electron chi connectivity index (χ0n) is 13.1. The van der Waals surface area contributed by atoms with Crippen LogP contribution in [0, 0.1) is 0 Å².